The number of hydrogen-bond donors (Lipinski definition) is 2. The molecule has 0 fully saturated rings. The van der Waals surface area contributed by atoms with Gasteiger partial charge in [-0.15, -0.1) is 0 Å². The van der Waals surface area contributed by atoms with Crippen LogP contribution in [0.3, 0.4) is 0 Å². The van der Waals surface area contributed by atoms with Crippen LogP contribution in [0.5, 0.6) is 0 Å². The van der Waals surface area contributed by atoms with Crippen molar-refractivity contribution in [2.24, 2.45) is 0 Å². The molecule has 3 unspecified atom stereocenters. The number of hydrogen-bond acceptors (Lipinski definition) is 4. The highest BCUT2D eigenvalue weighted by Gasteiger charge is 2.49. The lowest BCUT2D eigenvalue weighted by atomic mass is 10.2. The van der Waals surface area contributed by atoms with E-state index < -0.39 is 37.7 Å². The average Bonchev–Trinajstić information content (AvgIpc) is 2.53. The Bertz CT molecular complexity index is 589. The summed E-state index contributed by atoms with van der Waals surface area (Å²) in [6.45, 7) is 8.39. The van der Waals surface area contributed by atoms with Crippen LogP contribution in [-0.4, -0.2) is 39.4 Å². The first-order chi connectivity index (χ1) is 11.5. The molecule has 0 saturated carbocycles. The van der Waals surface area contributed by atoms with E-state index in [1.807, 2.05) is 30.3 Å². The van der Waals surface area contributed by atoms with E-state index in [0.717, 1.165) is 5.56 Å². The van der Waals surface area contributed by atoms with Crippen LogP contribution in [0.15, 0.2) is 30.3 Å². The molecule has 0 aliphatic carbocycles. The maximum Gasteiger partial charge on any atom is 0.240 e. The summed E-state index contributed by atoms with van der Waals surface area (Å²) >= 11 is 0. The van der Waals surface area contributed by atoms with Crippen molar-refractivity contribution in [1.82, 2.24) is 0 Å². The second-order valence-electron chi connectivity index (χ2n) is 6.81. The lowest BCUT2D eigenvalue weighted by Gasteiger charge is -2.33. The normalized spacial score (nSPS) is 19.4. The molecule has 0 saturated heterocycles. The molecule has 3 atom stereocenters. The second-order valence-corrected chi connectivity index (χ2v) is 12.9. The maximum atomic E-state index is 12.7. The van der Waals surface area contributed by atoms with Crippen LogP contribution in [0.25, 0.3) is 0 Å². The third-order valence-corrected chi connectivity index (χ3v) is 10.4. The van der Waals surface area contributed by atoms with Gasteiger partial charge in [-0.25, -0.2) is 0 Å². The Morgan fingerprint density at radius 2 is 1.40 bits per heavy atom. The fourth-order valence-electron chi connectivity index (χ4n) is 2.09. The zero-order valence-corrected chi connectivity index (χ0v) is 17.3. The molecular weight excluding hydrogens is 362 g/mol. The van der Waals surface area contributed by atoms with E-state index in [-0.39, 0.29) is 6.61 Å². The van der Waals surface area contributed by atoms with Gasteiger partial charge in [0.25, 0.3) is 0 Å². The van der Waals surface area contributed by atoms with Gasteiger partial charge in [-0.3, -0.25) is 9.13 Å². The molecule has 0 spiro atoms. The molecule has 0 aliphatic rings. The Morgan fingerprint density at radius 3 is 1.84 bits per heavy atom. The summed E-state index contributed by atoms with van der Waals surface area (Å²) in [7, 11) is -7.97. The molecule has 1 rings (SSSR count). The zero-order valence-electron chi connectivity index (χ0n) is 15.5. The summed E-state index contributed by atoms with van der Waals surface area (Å²) in [5, 5.41) is 0. The van der Waals surface area contributed by atoms with Gasteiger partial charge in [0.05, 0.1) is 19.3 Å². The van der Waals surface area contributed by atoms with Crippen molar-refractivity contribution in [3.05, 3.63) is 35.9 Å². The highest BCUT2D eigenvalue weighted by atomic mass is 31.2. The molecular formula is C17H30O6P2. The average molecular weight is 392 g/mol. The molecule has 2 N–H and O–H groups in total. The molecule has 0 radical (unpaired) electrons. The smallest absolute Gasteiger partial charge is 0.240 e. The van der Waals surface area contributed by atoms with Crippen LogP contribution in [0.2, 0.25) is 0 Å². The van der Waals surface area contributed by atoms with Gasteiger partial charge in [0.1, 0.15) is 0 Å². The molecule has 6 nitrogen and oxygen atoms in total. The highest BCUT2D eigenvalue weighted by Crippen LogP contribution is 2.68. The van der Waals surface area contributed by atoms with Crippen LogP contribution in [0, 0.1) is 0 Å². The SMILES string of the molecule is CC(COCc1ccccc1)OC(P(=O)(O)C(C)C)P(=O)(O)C(C)C. The Morgan fingerprint density at radius 1 is 0.920 bits per heavy atom. The minimum Gasteiger partial charge on any atom is -0.374 e. The molecule has 1 aromatic carbocycles. The van der Waals surface area contributed by atoms with E-state index in [2.05, 4.69) is 0 Å². The van der Waals surface area contributed by atoms with Crippen molar-refractivity contribution < 1.29 is 28.4 Å². The molecule has 8 heteroatoms. The molecule has 0 heterocycles. The van der Waals surface area contributed by atoms with Crippen molar-refractivity contribution in [1.29, 1.82) is 0 Å². The van der Waals surface area contributed by atoms with E-state index >= 15 is 0 Å². The standard InChI is InChI=1S/C17H30O6P2/c1-13(2)24(18,19)17(25(20,21)14(3)4)23-15(5)11-22-12-16-9-7-6-8-10-16/h6-10,13-15,17H,11-12H2,1-5H3,(H,18,19)(H,20,21). The van der Waals surface area contributed by atoms with Crippen LogP contribution in [0.4, 0.5) is 0 Å². The van der Waals surface area contributed by atoms with E-state index in [9.17, 15) is 18.9 Å². The van der Waals surface area contributed by atoms with Gasteiger partial charge >= 0.3 is 0 Å². The molecule has 0 aliphatic heterocycles. The van der Waals surface area contributed by atoms with E-state index in [0.29, 0.717) is 6.61 Å². The quantitative estimate of drug-likeness (QED) is 0.578. The lowest BCUT2D eigenvalue weighted by Crippen LogP contribution is -2.28. The van der Waals surface area contributed by atoms with E-state index in [1.54, 1.807) is 34.6 Å². The van der Waals surface area contributed by atoms with Crippen molar-refractivity contribution in [2.75, 3.05) is 6.61 Å². The minimum absolute atomic E-state index is 0.154. The van der Waals surface area contributed by atoms with Crippen molar-refractivity contribution >= 4 is 14.7 Å². The van der Waals surface area contributed by atoms with Crippen LogP contribution >= 0.6 is 14.7 Å². The third kappa shape index (κ3) is 6.32. The second kappa shape index (κ2) is 9.45. The van der Waals surface area contributed by atoms with Gasteiger partial charge in [-0.05, 0) is 12.5 Å². The lowest BCUT2D eigenvalue weighted by molar-refractivity contribution is -0.0113. The maximum absolute atomic E-state index is 12.7. The van der Waals surface area contributed by atoms with Gasteiger partial charge in [0.15, 0.2) is 0 Å². The first kappa shape index (κ1) is 22.6. The van der Waals surface area contributed by atoms with E-state index in [1.165, 1.54) is 0 Å². The topological polar surface area (TPSA) is 93.1 Å². The molecule has 0 bridgehead atoms. The summed E-state index contributed by atoms with van der Waals surface area (Å²) in [6, 6.07) is 9.58. The van der Waals surface area contributed by atoms with Crippen LogP contribution in [-0.2, 0) is 25.2 Å². The number of benzene rings is 1. The number of ether oxygens (including phenoxy) is 2. The molecule has 0 aromatic heterocycles. The Hall–Kier alpha value is -0.480. The number of rotatable bonds is 10. The van der Waals surface area contributed by atoms with Gasteiger partial charge in [0, 0.05) is 11.3 Å². The van der Waals surface area contributed by atoms with Crippen molar-refractivity contribution in [3.8, 4) is 0 Å². The summed E-state index contributed by atoms with van der Waals surface area (Å²) in [5.41, 5.74) is -1.95. The first-order valence-corrected chi connectivity index (χ1v) is 12.0. The molecule has 144 valence electrons. The Balaban J connectivity index is 2.77. The van der Waals surface area contributed by atoms with Crippen molar-refractivity contribution in [2.45, 2.75) is 64.2 Å². The summed E-state index contributed by atoms with van der Waals surface area (Å²) < 4.78 is 36.5. The van der Waals surface area contributed by atoms with Crippen LogP contribution in [0.1, 0.15) is 40.2 Å². The van der Waals surface area contributed by atoms with Gasteiger partial charge < -0.3 is 19.3 Å². The summed E-state index contributed by atoms with van der Waals surface area (Å²) in [6.07, 6.45) is -0.591. The first-order valence-electron chi connectivity index (χ1n) is 8.41. The third-order valence-electron chi connectivity index (χ3n) is 3.93. The van der Waals surface area contributed by atoms with E-state index in [4.69, 9.17) is 9.47 Å². The molecule has 0 amide bonds. The fraction of sp³-hybridized carbons (Fsp3) is 0.647. The Kier molecular flexibility index (Phi) is 8.53. The predicted octanol–water partition coefficient (Wildman–Crippen LogP) is 4.25. The van der Waals surface area contributed by atoms with Crippen molar-refractivity contribution in [3.63, 3.8) is 0 Å². The van der Waals surface area contributed by atoms with Gasteiger partial charge in [-0.2, -0.15) is 0 Å². The highest BCUT2D eigenvalue weighted by molar-refractivity contribution is 7.76. The minimum atomic E-state index is -3.98. The molecule has 1 aromatic rings. The fourth-order valence-corrected chi connectivity index (χ4v) is 7.37. The Labute approximate surface area is 150 Å². The monoisotopic (exact) mass is 392 g/mol. The summed E-state index contributed by atoms with van der Waals surface area (Å²) in [5.74, 6) is 0. The zero-order chi connectivity index (χ0) is 19.3. The molecule has 25 heavy (non-hydrogen) atoms. The van der Waals surface area contributed by atoms with Gasteiger partial charge in [-0.1, -0.05) is 58.0 Å². The predicted molar refractivity (Wildman–Crippen MR) is 100 cm³/mol. The van der Waals surface area contributed by atoms with Crippen LogP contribution < -0.4 is 0 Å². The van der Waals surface area contributed by atoms with Gasteiger partial charge in [0.2, 0.25) is 20.3 Å². The summed E-state index contributed by atoms with van der Waals surface area (Å²) in [4.78, 5) is 20.7. The largest absolute Gasteiger partial charge is 0.374 e.